The molecule has 0 saturated carbocycles. The molecule has 0 aliphatic carbocycles. The molecule has 14 rings (SSSR count). The predicted octanol–water partition coefficient (Wildman–Crippen LogP) is 15.5. The van der Waals surface area contributed by atoms with Gasteiger partial charge in [0.1, 0.15) is 12.3 Å². The number of nitro groups is 1. The maximum absolute atomic E-state index is 11.1. The molecule has 488 valence electrons. The normalized spacial score (nSPS) is 10.4. The molecule has 2 aromatic heterocycles. The molecule has 14 heteroatoms. The summed E-state index contributed by atoms with van der Waals surface area (Å²) < 4.78 is 5.02. The number of hydrogen-bond donors (Lipinski definition) is 2. The van der Waals surface area contributed by atoms with Crippen LogP contribution in [0, 0.1) is 24.0 Å². The molecule has 0 saturated heterocycles. The Morgan fingerprint density at radius 2 is 0.592 bits per heavy atom. The number of carbonyl (C=O) groups is 1. The number of aliphatic carboxylic acids is 1. The van der Waals surface area contributed by atoms with E-state index in [-0.39, 0.29) is 31.9 Å². The van der Waals surface area contributed by atoms with Crippen molar-refractivity contribution in [1.82, 2.24) is 10.1 Å². The van der Waals surface area contributed by atoms with Gasteiger partial charge in [-0.05, 0) is 109 Å². The zero-order valence-electron chi connectivity index (χ0n) is 54.0. The summed E-state index contributed by atoms with van der Waals surface area (Å²) in [6.07, 6.45) is 1.41. The van der Waals surface area contributed by atoms with Crippen LogP contribution < -0.4 is 69.0 Å². The van der Waals surface area contributed by atoms with E-state index in [4.69, 9.17) is 9.63 Å². The second-order valence-electron chi connectivity index (χ2n) is 21.7. The van der Waals surface area contributed by atoms with E-state index in [1.807, 2.05) is 0 Å². The summed E-state index contributed by atoms with van der Waals surface area (Å²) >= 11 is 0. The number of carboxylic acids is 1. The number of anilines is 1. The van der Waals surface area contributed by atoms with Crippen molar-refractivity contribution in [1.29, 1.82) is 0 Å². The summed E-state index contributed by atoms with van der Waals surface area (Å²) in [6.45, 7) is 2.95. The van der Waals surface area contributed by atoms with Gasteiger partial charge < -0.3 is 14.9 Å². The molecule has 0 bridgehead atoms. The molecule has 0 aliphatic rings. The predicted molar refractivity (Wildman–Crippen MR) is 413 cm³/mol. The van der Waals surface area contributed by atoms with Crippen molar-refractivity contribution in [2.75, 3.05) is 11.9 Å². The second kappa shape index (κ2) is 38.7. The van der Waals surface area contributed by atoms with E-state index in [9.17, 15) is 14.9 Å². The van der Waals surface area contributed by atoms with Gasteiger partial charge in [-0.25, -0.2) is 4.98 Å². The third-order valence-corrected chi connectivity index (χ3v) is 24.7. The fraction of sp³-hybridized carbons (Fsp3) is 0.0357. The molecule has 12 aromatic carbocycles. The zero-order chi connectivity index (χ0) is 67.2. The van der Waals surface area contributed by atoms with Gasteiger partial charge in [0.15, 0.2) is 0 Å². The van der Waals surface area contributed by atoms with Gasteiger partial charge >= 0.3 is 11.7 Å². The van der Waals surface area contributed by atoms with Gasteiger partial charge in [0, 0.05) is 43.8 Å². The number of pyridine rings is 1. The van der Waals surface area contributed by atoms with Crippen LogP contribution in [-0.4, -0.2) is 32.7 Å². The summed E-state index contributed by atoms with van der Waals surface area (Å²) in [4.78, 5) is 24.9. The number of hydrogen-bond acceptors (Lipinski definition) is 7. The Hall–Kier alpha value is -9.95. The van der Waals surface area contributed by atoms with Crippen molar-refractivity contribution >= 4 is 113 Å². The van der Waals surface area contributed by atoms with E-state index in [0.717, 1.165) is 0 Å². The van der Waals surface area contributed by atoms with Crippen molar-refractivity contribution in [2.45, 2.75) is 13.8 Å². The average molecular weight is 1450 g/mol. The first kappa shape index (κ1) is 72.3. The van der Waals surface area contributed by atoms with Crippen molar-refractivity contribution in [3.05, 3.63) is 398 Å². The molecule has 0 spiro atoms. The fourth-order valence-corrected chi connectivity index (χ4v) is 19.9. The molecule has 0 atom stereocenters. The quantitative estimate of drug-likeness (QED) is 0.0399. The van der Waals surface area contributed by atoms with Crippen LogP contribution in [0.2, 0.25) is 0 Å². The van der Waals surface area contributed by atoms with Gasteiger partial charge in [-0.2, -0.15) is 0 Å². The van der Waals surface area contributed by atoms with E-state index in [2.05, 4.69) is 379 Å². The first-order chi connectivity index (χ1) is 47.7. The first-order valence-corrected chi connectivity index (χ1v) is 36.9. The number of aromatic nitrogens is 2. The molecule has 0 amide bonds. The molecular formula is C84H72N4O5P4Pd. The Bertz CT molecular complexity index is 3730. The molecule has 9 nitrogen and oxygen atoms in total. The summed E-state index contributed by atoms with van der Waals surface area (Å²) in [7, 11) is -1.78. The van der Waals surface area contributed by atoms with Crippen LogP contribution in [0.4, 0.5) is 11.5 Å². The molecule has 14 aromatic rings. The van der Waals surface area contributed by atoms with Gasteiger partial charge in [-0.1, -0.05) is 369 Å². The van der Waals surface area contributed by atoms with Crippen LogP contribution in [0.3, 0.4) is 0 Å². The maximum Gasteiger partial charge on any atom is 0.322 e. The molecule has 0 unspecified atom stereocenters. The van der Waals surface area contributed by atoms with Gasteiger partial charge in [0.05, 0.1) is 10.6 Å². The van der Waals surface area contributed by atoms with Crippen molar-refractivity contribution in [2.24, 2.45) is 0 Å². The van der Waals surface area contributed by atoms with E-state index in [1.54, 1.807) is 13.8 Å². The number of benzene rings is 12. The summed E-state index contributed by atoms with van der Waals surface area (Å²) in [5.74, 6) is -0.714. The van der Waals surface area contributed by atoms with Gasteiger partial charge in [0.25, 0.3) is 0 Å². The standard InChI is InChI=1S/4C18H15P.C12H12N4O5.Pd/c4*1-4-10-16(11-5-1)19(17-12-6-2-7-13-17)18-14-8-3-9-15-18;1-6-11(7(2)21-15-6)8-3-9(16(19)20)12(13-4-8)14-5-10(17)18;/h4*1-15H;3-4H,5H2,1-2H3,(H,13,14)(H,17,18);. The number of nitrogens with one attached hydrogen (secondary N) is 1. The average Bonchev–Trinajstić information content (AvgIpc) is 1.97. The Balaban J connectivity index is 0.000000143. The fourth-order valence-electron chi connectivity index (χ4n) is 10.6. The molecule has 0 radical (unpaired) electrons. The number of carboxylic acid groups (broad SMARTS) is 1. The summed E-state index contributed by atoms with van der Waals surface area (Å²) in [6, 6.07) is 131. The first-order valence-electron chi connectivity index (χ1n) is 31.5. The molecule has 98 heavy (non-hydrogen) atoms. The van der Waals surface area contributed by atoms with E-state index < -0.39 is 49.1 Å². The Labute approximate surface area is 593 Å². The van der Waals surface area contributed by atoms with Gasteiger partial charge in [-0.15, -0.1) is 0 Å². The second-order valence-corrected chi connectivity index (χ2v) is 30.5. The molecule has 2 heterocycles. The van der Waals surface area contributed by atoms with E-state index in [0.29, 0.717) is 22.6 Å². The van der Waals surface area contributed by atoms with Crippen LogP contribution >= 0.6 is 31.7 Å². The molecule has 0 aliphatic heterocycles. The Morgan fingerprint density at radius 1 is 0.388 bits per heavy atom. The third-order valence-electron chi connectivity index (χ3n) is 15.0. The van der Waals surface area contributed by atoms with Crippen LogP contribution in [0.15, 0.2) is 381 Å². The minimum Gasteiger partial charge on any atom is -0.480 e. The topological polar surface area (TPSA) is 131 Å². The van der Waals surface area contributed by atoms with Gasteiger partial charge in [-0.3, -0.25) is 14.9 Å². The zero-order valence-corrected chi connectivity index (χ0v) is 59.2. The third kappa shape index (κ3) is 20.8. The van der Waals surface area contributed by atoms with Crippen LogP contribution in [-0.2, 0) is 25.2 Å². The Morgan fingerprint density at radius 3 is 0.755 bits per heavy atom. The molecule has 2 N–H and O–H groups in total. The monoisotopic (exact) mass is 1450 g/mol. The minimum absolute atomic E-state index is 0. The number of aryl methyl sites for hydroxylation is 2. The van der Waals surface area contributed by atoms with Crippen LogP contribution in [0.1, 0.15) is 11.5 Å². The van der Waals surface area contributed by atoms with Gasteiger partial charge in [0.2, 0.25) is 5.82 Å². The molecular weight excluding hydrogens is 1380 g/mol. The van der Waals surface area contributed by atoms with E-state index >= 15 is 0 Å². The smallest absolute Gasteiger partial charge is 0.322 e. The van der Waals surface area contributed by atoms with Crippen molar-refractivity contribution in [3.63, 3.8) is 0 Å². The van der Waals surface area contributed by atoms with Crippen molar-refractivity contribution in [3.8, 4) is 11.1 Å². The maximum atomic E-state index is 11.1. The Kier molecular flexibility index (Phi) is 28.6. The minimum atomic E-state index is -1.14. The SMILES string of the molecule is Cc1noc(C)c1-c1cnc(NCC(=O)O)c([N+](=O)[O-])c1.[Pd].c1ccc(P(c2ccccc2)c2ccccc2)cc1.c1ccc(P(c2ccccc2)c2ccccc2)cc1.c1ccc(P(c2ccccc2)c2ccccc2)cc1.c1ccc(P(c2ccccc2)c2ccccc2)cc1. The molecule has 0 fully saturated rings. The largest absolute Gasteiger partial charge is 0.480 e. The summed E-state index contributed by atoms with van der Waals surface area (Å²) in [5, 5.41) is 42.7. The van der Waals surface area contributed by atoms with Crippen molar-refractivity contribution < 1.29 is 39.8 Å². The van der Waals surface area contributed by atoms with Crippen LogP contribution in [0.5, 0.6) is 0 Å². The van der Waals surface area contributed by atoms with Crippen LogP contribution in [0.25, 0.3) is 11.1 Å². The number of rotatable bonds is 17. The summed E-state index contributed by atoms with van der Waals surface area (Å²) in [5.41, 5.74) is 1.40. The number of nitrogens with zero attached hydrogens (tertiary/aromatic N) is 3. The van der Waals surface area contributed by atoms with E-state index in [1.165, 1.54) is 75.9 Å².